The fraction of sp³-hybridized carbons (Fsp3) is 0.105. The topological polar surface area (TPSA) is 94.8 Å². The van der Waals surface area contributed by atoms with Gasteiger partial charge in [0.05, 0.1) is 7.11 Å². The number of amides is 1. The van der Waals surface area contributed by atoms with Crippen LogP contribution in [0.4, 0.5) is 5.69 Å². The molecule has 4 rings (SSSR count). The van der Waals surface area contributed by atoms with Crippen LogP contribution in [-0.4, -0.2) is 38.2 Å². The summed E-state index contributed by atoms with van der Waals surface area (Å²) in [5.41, 5.74) is 2.75. The van der Waals surface area contributed by atoms with Crippen molar-refractivity contribution in [2.75, 3.05) is 12.4 Å². The minimum Gasteiger partial charge on any atom is -0.497 e. The van der Waals surface area contributed by atoms with Crippen LogP contribution in [0, 0.1) is 0 Å². The number of hydrogen-bond donors (Lipinski definition) is 1. The lowest BCUT2D eigenvalue weighted by molar-refractivity contribution is 0.102. The summed E-state index contributed by atoms with van der Waals surface area (Å²) in [6, 6.07) is 14.9. The molecule has 0 radical (unpaired) electrons. The first-order valence-corrected chi connectivity index (χ1v) is 9.26. The fourth-order valence-electron chi connectivity index (χ4n) is 2.65. The molecule has 9 heteroatoms. The normalized spacial score (nSPS) is 10.6. The number of tetrazole rings is 1. The van der Waals surface area contributed by atoms with Gasteiger partial charge in [-0.2, -0.15) is 0 Å². The highest BCUT2D eigenvalue weighted by molar-refractivity contribution is 7.13. The van der Waals surface area contributed by atoms with Crippen molar-refractivity contribution in [1.82, 2.24) is 25.2 Å². The Balaban J connectivity index is 1.51. The van der Waals surface area contributed by atoms with Gasteiger partial charge in [0, 0.05) is 29.2 Å². The molecule has 0 unspecified atom stereocenters. The van der Waals surface area contributed by atoms with Crippen molar-refractivity contribution in [2.24, 2.45) is 7.05 Å². The SMILES string of the molecule is COc1ccc(-c2nc(C(=O)Nc3cccc(-c4nnnn4C)c3)cs2)cc1. The van der Waals surface area contributed by atoms with Gasteiger partial charge >= 0.3 is 0 Å². The number of carbonyl (C=O) groups excluding carboxylic acids is 1. The van der Waals surface area contributed by atoms with Crippen LogP contribution in [0.2, 0.25) is 0 Å². The van der Waals surface area contributed by atoms with Crippen LogP contribution < -0.4 is 10.1 Å². The number of anilines is 1. The molecule has 28 heavy (non-hydrogen) atoms. The Bertz CT molecular complexity index is 1120. The zero-order valence-electron chi connectivity index (χ0n) is 15.2. The predicted molar refractivity (Wildman–Crippen MR) is 106 cm³/mol. The van der Waals surface area contributed by atoms with E-state index in [1.54, 1.807) is 24.2 Å². The van der Waals surface area contributed by atoms with Gasteiger partial charge in [-0.05, 0) is 46.8 Å². The van der Waals surface area contributed by atoms with E-state index < -0.39 is 0 Å². The highest BCUT2D eigenvalue weighted by atomic mass is 32.1. The summed E-state index contributed by atoms with van der Waals surface area (Å²) in [4.78, 5) is 17.0. The first-order valence-electron chi connectivity index (χ1n) is 8.38. The van der Waals surface area contributed by atoms with E-state index in [9.17, 15) is 4.79 Å². The predicted octanol–water partition coefficient (Wildman–Crippen LogP) is 3.26. The Morgan fingerprint density at radius 2 is 1.96 bits per heavy atom. The number of methoxy groups -OCH3 is 1. The van der Waals surface area contributed by atoms with Crippen LogP contribution in [0.1, 0.15) is 10.5 Å². The molecule has 2 heterocycles. The number of hydrogen-bond acceptors (Lipinski definition) is 7. The molecule has 0 aliphatic rings. The maximum Gasteiger partial charge on any atom is 0.275 e. The van der Waals surface area contributed by atoms with Gasteiger partial charge < -0.3 is 10.1 Å². The summed E-state index contributed by atoms with van der Waals surface area (Å²) in [7, 11) is 3.38. The number of ether oxygens (including phenoxy) is 1. The Morgan fingerprint density at radius 3 is 2.68 bits per heavy atom. The molecular formula is C19H16N6O2S. The Labute approximate surface area is 164 Å². The van der Waals surface area contributed by atoms with Gasteiger partial charge in [-0.1, -0.05) is 12.1 Å². The van der Waals surface area contributed by atoms with Crippen molar-refractivity contribution in [1.29, 1.82) is 0 Å². The molecule has 0 bridgehead atoms. The van der Waals surface area contributed by atoms with E-state index in [-0.39, 0.29) is 5.91 Å². The van der Waals surface area contributed by atoms with Crippen LogP contribution in [0.25, 0.3) is 22.0 Å². The molecule has 4 aromatic rings. The minimum atomic E-state index is -0.274. The number of nitrogens with zero attached hydrogens (tertiary/aromatic N) is 5. The second-order valence-electron chi connectivity index (χ2n) is 5.93. The molecular weight excluding hydrogens is 376 g/mol. The van der Waals surface area contributed by atoms with Crippen molar-refractivity contribution in [2.45, 2.75) is 0 Å². The quantitative estimate of drug-likeness (QED) is 0.560. The molecule has 2 aromatic heterocycles. The van der Waals surface area contributed by atoms with Crippen molar-refractivity contribution < 1.29 is 9.53 Å². The average Bonchev–Trinajstić information content (AvgIpc) is 3.38. The van der Waals surface area contributed by atoms with Crippen LogP contribution in [-0.2, 0) is 7.05 Å². The molecule has 0 aliphatic heterocycles. The second-order valence-corrected chi connectivity index (χ2v) is 6.79. The molecule has 0 saturated carbocycles. The Morgan fingerprint density at radius 1 is 1.14 bits per heavy atom. The second kappa shape index (κ2) is 7.57. The molecule has 0 atom stereocenters. The molecule has 8 nitrogen and oxygen atoms in total. The van der Waals surface area contributed by atoms with Gasteiger partial charge in [0.1, 0.15) is 16.5 Å². The van der Waals surface area contributed by atoms with E-state index in [0.717, 1.165) is 21.9 Å². The third kappa shape index (κ3) is 3.60. The van der Waals surface area contributed by atoms with Crippen LogP contribution in [0.5, 0.6) is 5.75 Å². The molecule has 2 aromatic carbocycles. The fourth-order valence-corrected chi connectivity index (χ4v) is 3.46. The third-order valence-corrected chi connectivity index (χ3v) is 4.96. The molecule has 0 spiro atoms. The molecule has 0 saturated heterocycles. The number of rotatable bonds is 5. The summed E-state index contributed by atoms with van der Waals surface area (Å²) < 4.78 is 6.74. The van der Waals surface area contributed by atoms with Gasteiger partial charge in [-0.25, -0.2) is 9.67 Å². The smallest absolute Gasteiger partial charge is 0.275 e. The molecule has 1 N–H and O–H groups in total. The van der Waals surface area contributed by atoms with Crippen molar-refractivity contribution in [3.05, 3.63) is 59.6 Å². The van der Waals surface area contributed by atoms with Crippen LogP contribution in [0.15, 0.2) is 53.9 Å². The van der Waals surface area contributed by atoms with E-state index in [1.165, 1.54) is 11.3 Å². The number of benzene rings is 2. The lowest BCUT2D eigenvalue weighted by Gasteiger charge is -2.05. The van der Waals surface area contributed by atoms with Gasteiger partial charge in [0.15, 0.2) is 5.82 Å². The molecule has 140 valence electrons. The lowest BCUT2D eigenvalue weighted by Crippen LogP contribution is -2.12. The maximum absolute atomic E-state index is 12.6. The van der Waals surface area contributed by atoms with Crippen molar-refractivity contribution in [3.8, 4) is 27.7 Å². The standard InChI is InChI=1S/C19H16N6O2S/c1-25-17(22-23-24-25)13-4-3-5-14(10-13)20-18(26)16-11-28-19(21-16)12-6-8-15(27-2)9-7-12/h3-11H,1-2H3,(H,20,26). The molecule has 1 amide bonds. The highest BCUT2D eigenvalue weighted by Gasteiger charge is 2.13. The highest BCUT2D eigenvalue weighted by Crippen LogP contribution is 2.26. The Kier molecular flexibility index (Phi) is 4.81. The largest absolute Gasteiger partial charge is 0.497 e. The number of thiazole rings is 1. The summed E-state index contributed by atoms with van der Waals surface area (Å²) in [5.74, 6) is 1.12. The number of aromatic nitrogens is 5. The van der Waals surface area contributed by atoms with Crippen molar-refractivity contribution >= 4 is 22.9 Å². The van der Waals surface area contributed by atoms with Gasteiger partial charge in [0.25, 0.3) is 5.91 Å². The monoisotopic (exact) mass is 392 g/mol. The Hall–Kier alpha value is -3.59. The van der Waals surface area contributed by atoms with Gasteiger partial charge in [0.2, 0.25) is 0 Å². The van der Waals surface area contributed by atoms with Crippen molar-refractivity contribution in [3.63, 3.8) is 0 Å². The maximum atomic E-state index is 12.6. The number of nitrogens with one attached hydrogen (secondary N) is 1. The lowest BCUT2D eigenvalue weighted by atomic mass is 10.2. The van der Waals surface area contributed by atoms with Gasteiger partial charge in [-0.15, -0.1) is 16.4 Å². The summed E-state index contributed by atoms with van der Waals surface area (Å²) in [5, 5.41) is 16.8. The molecule has 0 aliphatic carbocycles. The third-order valence-electron chi connectivity index (χ3n) is 4.07. The van der Waals surface area contributed by atoms with E-state index in [4.69, 9.17) is 4.74 Å². The summed E-state index contributed by atoms with van der Waals surface area (Å²) in [6.45, 7) is 0. The summed E-state index contributed by atoms with van der Waals surface area (Å²) in [6.07, 6.45) is 0. The molecule has 0 fully saturated rings. The first kappa shape index (κ1) is 17.8. The first-order chi connectivity index (χ1) is 13.6. The zero-order chi connectivity index (χ0) is 19.5. The van der Waals surface area contributed by atoms with E-state index in [2.05, 4.69) is 25.8 Å². The van der Waals surface area contributed by atoms with E-state index in [1.807, 2.05) is 48.5 Å². The van der Waals surface area contributed by atoms with Gasteiger partial charge in [-0.3, -0.25) is 4.79 Å². The average molecular weight is 392 g/mol. The minimum absolute atomic E-state index is 0.274. The van der Waals surface area contributed by atoms with Crippen LogP contribution >= 0.6 is 11.3 Å². The van der Waals surface area contributed by atoms with E-state index >= 15 is 0 Å². The van der Waals surface area contributed by atoms with Crippen LogP contribution in [0.3, 0.4) is 0 Å². The number of aryl methyl sites for hydroxylation is 1. The van der Waals surface area contributed by atoms with E-state index in [0.29, 0.717) is 17.2 Å². The number of carbonyl (C=O) groups is 1. The zero-order valence-corrected chi connectivity index (χ0v) is 16.0. The summed E-state index contributed by atoms with van der Waals surface area (Å²) >= 11 is 1.42.